The predicted octanol–water partition coefficient (Wildman–Crippen LogP) is -1.67. The molecule has 0 spiro atoms. The molecule has 0 aliphatic rings. The van der Waals surface area contributed by atoms with Crippen LogP contribution in [0.4, 0.5) is 0 Å². The number of nitrogens with two attached hydrogens (primary N) is 1. The fraction of sp³-hybridized carbons (Fsp3) is 0.750. The zero-order chi connectivity index (χ0) is 6.57. The fourth-order valence-corrected chi connectivity index (χ4v) is 0.248. The smallest absolute Gasteiger partial charge is 0.194 e. The number of hydroxylamine groups is 2. The first-order valence-electron chi connectivity index (χ1n) is 2.40. The number of nitrogens with zero attached hydrogens (tertiary/aromatic N) is 1. The van der Waals surface area contributed by atoms with Crippen LogP contribution in [0.2, 0.25) is 0 Å². The predicted molar refractivity (Wildman–Crippen MR) is 32.4 cm³/mol. The molecule has 0 aromatic heterocycles. The van der Waals surface area contributed by atoms with Crippen molar-refractivity contribution in [3.8, 4) is 0 Å². The summed E-state index contributed by atoms with van der Waals surface area (Å²) >= 11 is 0. The highest BCUT2D eigenvalue weighted by Crippen LogP contribution is 1.58. The first-order chi connectivity index (χ1) is 3.68. The third-order valence-electron chi connectivity index (χ3n) is 0.838. The first kappa shape index (κ1) is 7.55. The molecule has 0 fully saturated rings. The van der Waals surface area contributed by atoms with E-state index in [4.69, 9.17) is 5.73 Å². The van der Waals surface area contributed by atoms with E-state index in [1.807, 2.05) is 0 Å². The van der Waals surface area contributed by atoms with Crippen molar-refractivity contribution in [3.63, 3.8) is 0 Å². The van der Waals surface area contributed by atoms with E-state index >= 15 is 0 Å². The standard InChI is InChI=1S/C4H11N3O/c1-4(6-3-5)7(2)8/h7H,3,5H2,1-2H3. The Labute approximate surface area is 48.6 Å². The molecule has 0 saturated carbocycles. The van der Waals surface area contributed by atoms with Crippen LogP contribution >= 0.6 is 0 Å². The van der Waals surface area contributed by atoms with Gasteiger partial charge in [-0.1, -0.05) is 0 Å². The second kappa shape index (κ2) is 3.54. The molecule has 4 nitrogen and oxygen atoms in total. The molecule has 4 heteroatoms. The van der Waals surface area contributed by atoms with Crippen molar-refractivity contribution in [1.82, 2.24) is 0 Å². The van der Waals surface area contributed by atoms with Crippen molar-refractivity contribution in [2.45, 2.75) is 6.92 Å². The summed E-state index contributed by atoms with van der Waals surface area (Å²) in [5, 5.41) is 10.3. The van der Waals surface area contributed by atoms with Gasteiger partial charge in [0, 0.05) is 6.92 Å². The molecule has 0 aromatic carbocycles. The lowest BCUT2D eigenvalue weighted by Crippen LogP contribution is -3.06. The maximum Gasteiger partial charge on any atom is 0.194 e. The van der Waals surface area contributed by atoms with Gasteiger partial charge in [-0.15, -0.1) is 0 Å². The van der Waals surface area contributed by atoms with Gasteiger partial charge in [0.15, 0.2) is 5.84 Å². The van der Waals surface area contributed by atoms with Crippen LogP contribution < -0.4 is 10.8 Å². The minimum Gasteiger partial charge on any atom is -0.628 e. The molecule has 3 N–H and O–H groups in total. The SMILES string of the molecule is CC(=NCN)[NH+](C)[O-]. The van der Waals surface area contributed by atoms with E-state index < -0.39 is 0 Å². The van der Waals surface area contributed by atoms with E-state index in [0.29, 0.717) is 5.84 Å². The van der Waals surface area contributed by atoms with E-state index in [0.717, 1.165) is 0 Å². The highest BCUT2D eigenvalue weighted by molar-refractivity contribution is 5.70. The Morgan fingerprint density at radius 2 is 2.38 bits per heavy atom. The van der Waals surface area contributed by atoms with E-state index in [1.54, 1.807) is 6.92 Å². The van der Waals surface area contributed by atoms with Gasteiger partial charge in [-0.2, -0.15) is 0 Å². The second-order valence-electron chi connectivity index (χ2n) is 1.48. The van der Waals surface area contributed by atoms with Gasteiger partial charge in [0.05, 0.1) is 13.7 Å². The van der Waals surface area contributed by atoms with Crippen molar-refractivity contribution >= 4 is 5.84 Å². The van der Waals surface area contributed by atoms with Gasteiger partial charge >= 0.3 is 0 Å². The van der Waals surface area contributed by atoms with Crippen LogP contribution in [0.15, 0.2) is 4.99 Å². The van der Waals surface area contributed by atoms with E-state index in [1.165, 1.54) is 7.05 Å². The van der Waals surface area contributed by atoms with Gasteiger partial charge in [0.1, 0.15) is 0 Å². The molecule has 8 heavy (non-hydrogen) atoms. The summed E-state index contributed by atoms with van der Waals surface area (Å²) in [7, 11) is 1.47. The average molecular weight is 117 g/mol. The fourth-order valence-electron chi connectivity index (χ4n) is 0.248. The van der Waals surface area contributed by atoms with E-state index in [9.17, 15) is 5.21 Å². The Bertz CT molecular complexity index is 89.3. The molecule has 0 aliphatic carbocycles. The van der Waals surface area contributed by atoms with Gasteiger partial charge in [-0.25, -0.2) is 4.99 Å². The third-order valence-corrected chi connectivity index (χ3v) is 0.838. The molecule has 0 radical (unpaired) electrons. The quantitative estimate of drug-likeness (QED) is 0.245. The topological polar surface area (TPSA) is 65.9 Å². The highest BCUT2D eigenvalue weighted by atomic mass is 16.5. The molecule has 0 saturated heterocycles. The summed E-state index contributed by atoms with van der Waals surface area (Å²) in [5.74, 6) is 0.493. The molecular weight excluding hydrogens is 106 g/mol. The highest BCUT2D eigenvalue weighted by Gasteiger charge is 1.89. The lowest BCUT2D eigenvalue weighted by atomic mass is 10.7. The maximum absolute atomic E-state index is 10.3. The number of hydrogen-bond acceptors (Lipinski definition) is 3. The van der Waals surface area contributed by atoms with Gasteiger partial charge in [0.25, 0.3) is 0 Å². The summed E-state index contributed by atoms with van der Waals surface area (Å²) in [4.78, 5) is 3.67. The number of quaternary nitrogens is 1. The largest absolute Gasteiger partial charge is 0.628 e. The van der Waals surface area contributed by atoms with Crippen LogP contribution in [0.5, 0.6) is 0 Å². The van der Waals surface area contributed by atoms with Crippen LogP contribution in [-0.2, 0) is 0 Å². The minimum absolute atomic E-state index is 0.0181. The molecule has 0 heterocycles. The first-order valence-corrected chi connectivity index (χ1v) is 2.40. The Morgan fingerprint density at radius 1 is 1.88 bits per heavy atom. The molecular formula is C4H11N3O. The van der Waals surface area contributed by atoms with Gasteiger partial charge < -0.3 is 16.0 Å². The summed E-state index contributed by atoms with van der Waals surface area (Å²) in [6, 6.07) is 0. The summed E-state index contributed by atoms with van der Waals surface area (Å²) in [6.45, 7) is 1.85. The summed E-state index contributed by atoms with van der Waals surface area (Å²) < 4.78 is 0. The molecule has 48 valence electrons. The van der Waals surface area contributed by atoms with Crippen molar-refractivity contribution in [2.75, 3.05) is 13.7 Å². The van der Waals surface area contributed by atoms with Crippen LogP contribution in [0.3, 0.4) is 0 Å². The summed E-state index contributed by atoms with van der Waals surface area (Å²) in [5.41, 5.74) is 5.03. The van der Waals surface area contributed by atoms with Crippen molar-refractivity contribution in [3.05, 3.63) is 5.21 Å². The number of aliphatic imine (C=N–C) groups is 1. The number of hydrogen-bond donors (Lipinski definition) is 2. The molecule has 1 atom stereocenters. The lowest BCUT2D eigenvalue weighted by Gasteiger charge is -2.13. The zero-order valence-electron chi connectivity index (χ0n) is 5.14. The zero-order valence-corrected chi connectivity index (χ0v) is 5.14. The lowest BCUT2D eigenvalue weighted by molar-refractivity contribution is -0.723. The van der Waals surface area contributed by atoms with Crippen LogP contribution in [0.25, 0.3) is 0 Å². The van der Waals surface area contributed by atoms with Crippen LogP contribution in [0.1, 0.15) is 6.92 Å². The van der Waals surface area contributed by atoms with Crippen molar-refractivity contribution in [2.24, 2.45) is 10.7 Å². The monoisotopic (exact) mass is 117 g/mol. The Balaban J connectivity index is 3.61. The number of nitrogens with one attached hydrogen (secondary N) is 1. The van der Waals surface area contributed by atoms with Crippen LogP contribution in [-0.4, -0.2) is 19.6 Å². The van der Waals surface area contributed by atoms with E-state index in [-0.39, 0.29) is 11.7 Å². The third kappa shape index (κ3) is 2.68. The molecule has 0 aromatic rings. The molecule has 1 unspecified atom stereocenters. The normalized spacial score (nSPS) is 16.2. The van der Waals surface area contributed by atoms with Crippen molar-refractivity contribution < 1.29 is 5.06 Å². The van der Waals surface area contributed by atoms with Gasteiger partial charge in [-0.3, -0.25) is 0 Å². The molecule has 0 rings (SSSR count). The van der Waals surface area contributed by atoms with E-state index in [2.05, 4.69) is 4.99 Å². The summed E-state index contributed by atoms with van der Waals surface area (Å²) in [6.07, 6.45) is 0. The molecule has 0 amide bonds. The number of amidine groups is 1. The Morgan fingerprint density at radius 3 is 2.50 bits per heavy atom. The number of rotatable bonds is 1. The minimum atomic E-state index is -0.0181. The average Bonchev–Trinajstić information content (AvgIpc) is 1.67. The van der Waals surface area contributed by atoms with Crippen LogP contribution in [0, 0.1) is 5.21 Å². The molecule has 0 aliphatic heterocycles. The van der Waals surface area contributed by atoms with Gasteiger partial charge in [-0.05, 0) is 0 Å². The molecule has 0 bridgehead atoms. The Kier molecular flexibility index (Phi) is 3.34. The van der Waals surface area contributed by atoms with Gasteiger partial charge in [0.2, 0.25) is 0 Å². The maximum atomic E-state index is 10.3. The Hall–Kier alpha value is -0.450. The second-order valence-corrected chi connectivity index (χ2v) is 1.48. The van der Waals surface area contributed by atoms with Crippen molar-refractivity contribution in [1.29, 1.82) is 0 Å².